The van der Waals surface area contributed by atoms with E-state index in [1.807, 2.05) is 0 Å². The van der Waals surface area contributed by atoms with Crippen LogP contribution in [0.5, 0.6) is 0 Å². The number of hydrogen-bond acceptors (Lipinski definition) is 5. The molecule has 0 radical (unpaired) electrons. The highest BCUT2D eigenvalue weighted by Crippen LogP contribution is 2.27. The van der Waals surface area contributed by atoms with Crippen molar-refractivity contribution in [3.8, 4) is 0 Å². The Morgan fingerprint density at radius 2 is 2.29 bits per heavy atom. The molecule has 2 aromatic heterocycles. The fourth-order valence-corrected chi connectivity index (χ4v) is 3.30. The summed E-state index contributed by atoms with van der Waals surface area (Å²) >= 11 is 1.03. The van der Waals surface area contributed by atoms with Crippen molar-refractivity contribution in [2.75, 3.05) is 0 Å². The maximum Gasteiger partial charge on any atom is 0.262 e. The number of hydrogen-bond donors (Lipinski definition) is 0. The van der Waals surface area contributed by atoms with Gasteiger partial charge in [0, 0.05) is 13.0 Å². The molecule has 0 unspecified atom stereocenters. The van der Waals surface area contributed by atoms with Crippen molar-refractivity contribution in [3.63, 3.8) is 0 Å². The Kier molecular flexibility index (Phi) is 2.09. The van der Waals surface area contributed by atoms with E-state index in [-0.39, 0.29) is 10.4 Å². The molecule has 0 saturated carbocycles. The summed E-state index contributed by atoms with van der Waals surface area (Å²) in [6.45, 7) is 2.31. The first-order chi connectivity index (χ1) is 8.09. The predicted molar refractivity (Wildman–Crippen MR) is 61.3 cm³/mol. The summed E-state index contributed by atoms with van der Waals surface area (Å²) in [5.74, 6) is -0.483. The average Bonchev–Trinajstić information content (AvgIpc) is 2.84. The lowest BCUT2D eigenvalue weighted by atomic mass is 10.2. The highest BCUT2D eigenvalue weighted by atomic mass is 32.1. The number of aryl methyl sites for hydroxylation is 2. The zero-order valence-corrected chi connectivity index (χ0v) is 9.97. The van der Waals surface area contributed by atoms with E-state index in [1.165, 1.54) is 0 Å². The van der Waals surface area contributed by atoms with Gasteiger partial charge >= 0.3 is 0 Å². The molecule has 88 valence electrons. The van der Waals surface area contributed by atoms with Crippen LogP contribution in [0.15, 0.2) is 4.79 Å². The molecule has 0 N–H and O–H groups in total. The van der Waals surface area contributed by atoms with Crippen molar-refractivity contribution in [2.24, 2.45) is 0 Å². The summed E-state index contributed by atoms with van der Waals surface area (Å²) in [4.78, 5) is 28.1. The SMILES string of the molecule is Cc1c(C(=O)[O-])sc2nc3n(c(=O)c12)CCC3. The number of fused-ring (bicyclic) bond motifs is 2. The minimum Gasteiger partial charge on any atom is -0.544 e. The van der Waals surface area contributed by atoms with Gasteiger partial charge in [-0.15, -0.1) is 11.3 Å². The summed E-state index contributed by atoms with van der Waals surface area (Å²) < 4.78 is 1.64. The molecule has 0 atom stereocenters. The van der Waals surface area contributed by atoms with Crippen LogP contribution in [0.25, 0.3) is 10.2 Å². The zero-order valence-electron chi connectivity index (χ0n) is 9.15. The predicted octanol–water partition coefficient (Wildman–Crippen LogP) is 0.0761. The number of carboxylic acids is 1. The van der Waals surface area contributed by atoms with Crippen LogP contribution in [-0.2, 0) is 13.0 Å². The number of carbonyl (C=O) groups is 1. The molecule has 1 aliphatic rings. The Balaban J connectivity index is 2.44. The molecule has 0 saturated heterocycles. The molecule has 0 spiro atoms. The van der Waals surface area contributed by atoms with Gasteiger partial charge in [0.2, 0.25) is 0 Å². The second kappa shape index (κ2) is 3.40. The van der Waals surface area contributed by atoms with Crippen molar-refractivity contribution < 1.29 is 9.90 Å². The van der Waals surface area contributed by atoms with Gasteiger partial charge in [0.25, 0.3) is 5.56 Å². The molecule has 2 aromatic rings. The van der Waals surface area contributed by atoms with Gasteiger partial charge in [0.15, 0.2) is 0 Å². The molecule has 17 heavy (non-hydrogen) atoms. The minimum atomic E-state index is -1.24. The Hall–Kier alpha value is -1.69. The van der Waals surface area contributed by atoms with Gasteiger partial charge < -0.3 is 9.90 Å². The van der Waals surface area contributed by atoms with E-state index in [1.54, 1.807) is 11.5 Å². The molecule has 3 rings (SSSR count). The summed E-state index contributed by atoms with van der Waals surface area (Å²) in [6.07, 6.45) is 1.70. The standard InChI is InChI=1S/C11H10N2O3S/c1-5-7-9(17-8(5)11(15)16)12-6-3-2-4-13(6)10(7)14/h2-4H2,1H3,(H,15,16)/p-1. The molecule has 0 aromatic carbocycles. The van der Waals surface area contributed by atoms with E-state index in [9.17, 15) is 14.7 Å². The van der Waals surface area contributed by atoms with Crippen molar-refractivity contribution in [3.05, 3.63) is 26.6 Å². The molecule has 0 fully saturated rings. The normalized spacial score (nSPS) is 14.2. The Labute approximate surface area is 100 Å². The van der Waals surface area contributed by atoms with Crippen molar-refractivity contribution in [2.45, 2.75) is 26.3 Å². The maximum absolute atomic E-state index is 12.2. The van der Waals surface area contributed by atoms with Crippen LogP contribution in [0.2, 0.25) is 0 Å². The Morgan fingerprint density at radius 3 is 3.00 bits per heavy atom. The van der Waals surface area contributed by atoms with Gasteiger partial charge in [0.05, 0.1) is 16.2 Å². The quantitative estimate of drug-likeness (QED) is 0.717. The molecule has 3 heterocycles. The number of thiophene rings is 1. The number of carboxylic acid groups (broad SMARTS) is 1. The highest BCUT2D eigenvalue weighted by molar-refractivity contribution is 7.20. The maximum atomic E-state index is 12.2. The second-order valence-electron chi connectivity index (χ2n) is 4.11. The molecule has 0 bridgehead atoms. The van der Waals surface area contributed by atoms with Crippen LogP contribution >= 0.6 is 11.3 Å². The lowest BCUT2D eigenvalue weighted by Crippen LogP contribution is -2.23. The van der Waals surface area contributed by atoms with E-state index in [4.69, 9.17) is 0 Å². The lowest BCUT2D eigenvalue weighted by Gasteiger charge is -2.02. The van der Waals surface area contributed by atoms with Crippen molar-refractivity contribution in [1.29, 1.82) is 0 Å². The third-order valence-corrected chi connectivity index (χ3v) is 4.26. The highest BCUT2D eigenvalue weighted by Gasteiger charge is 2.20. The average molecular weight is 249 g/mol. The van der Waals surface area contributed by atoms with Crippen LogP contribution in [0.3, 0.4) is 0 Å². The van der Waals surface area contributed by atoms with Gasteiger partial charge in [-0.25, -0.2) is 4.98 Å². The van der Waals surface area contributed by atoms with Crippen LogP contribution < -0.4 is 10.7 Å². The van der Waals surface area contributed by atoms with Crippen LogP contribution in [-0.4, -0.2) is 15.5 Å². The van der Waals surface area contributed by atoms with Crippen molar-refractivity contribution >= 4 is 27.5 Å². The third kappa shape index (κ3) is 1.33. The first-order valence-corrected chi connectivity index (χ1v) is 6.15. The molecule has 5 nitrogen and oxygen atoms in total. The smallest absolute Gasteiger partial charge is 0.262 e. The largest absolute Gasteiger partial charge is 0.544 e. The number of aromatic nitrogens is 2. The zero-order chi connectivity index (χ0) is 12.2. The van der Waals surface area contributed by atoms with E-state index in [0.717, 1.165) is 30.0 Å². The monoisotopic (exact) mass is 249 g/mol. The summed E-state index contributed by atoms with van der Waals surface area (Å²) in [5.41, 5.74) is 0.355. The van der Waals surface area contributed by atoms with E-state index in [0.29, 0.717) is 22.3 Å². The Bertz CT molecular complexity index is 699. The van der Waals surface area contributed by atoms with Gasteiger partial charge in [-0.3, -0.25) is 9.36 Å². The lowest BCUT2D eigenvalue weighted by molar-refractivity contribution is -0.254. The van der Waals surface area contributed by atoms with Gasteiger partial charge in [-0.05, 0) is 18.9 Å². The van der Waals surface area contributed by atoms with E-state index >= 15 is 0 Å². The fraction of sp³-hybridized carbons (Fsp3) is 0.364. The fourth-order valence-electron chi connectivity index (χ4n) is 2.27. The van der Waals surface area contributed by atoms with E-state index in [2.05, 4.69) is 4.98 Å². The number of aromatic carboxylic acids is 1. The van der Waals surface area contributed by atoms with Crippen LogP contribution in [0.4, 0.5) is 0 Å². The third-order valence-electron chi connectivity index (χ3n) is 3.10. The summed E-state index contributed by atoms with van der Waals surface area (Å²) in [7, 11) is 0. The molecule has 0 aliphatic carbocycles. The molecule has 6 heteroatoms. The first kappa shape index (κ1) is 10.5. The van der Waals surface area contributed by atoms with Gasteiger partial charge in [0.1, 0.15) is 10.7 Å². The van der Waals surface area contributed by atoms with Gasteiger partial charge in [-0.1, -0.05) is 0 Å². The van der Waals surface area contributed by atoms with Crippen LogP contribution in [0.1, 0.15) is 27.5 Å². The molecular weight excluding hydrogens is 240 g/mol. The summed E-state index contributed by atoms with van der Waals surface area (Å²) in [6, 6.07) is 0. The molecular formula is C11H9N2O3S-. The minimum absolute atomic E-state index is 0.105. The number of carbonyl (C=O) groups excluding carboxylic acids is 1. The van der Waals surface area contributed by atoms with Crippen molar-refractivity contribution in [1.82, 2.24) is 9.55 Å². The number of rotatable bonds is 1. The molecule has 1 aliphatic heterocycles. The summed E-state index contributed by atoms with van der Waals surface area (Å²) in [5, 5.41) is 11.3. The Morgan fingerprint density at radius 1 is 1.53 bits per heavy atom. The van der Waals surface area contributed by atoms with Crippen LogP contribution in [0, 0.1) is 6.92 Å². The topological polar surface area (TPSA) is 75.0 Å². The first-order valence-electron chi connectivity index (χ1n) is 5.33. The van der Waals surface area contributed by atoms with Gasteiger partial charge in [-0.2, -0.15) is 0 Å². The second-order valence-corrected chi connectivity index (χ2v) is 5.11. The van der Waals surface area contributed by atoms with E-state index < -0.39 is 5.97 Å². The number of nitrogens with zero attached hydrogens (tertiary/aromatic N) is 2. The molecule has 0 amide bonds.